The molecule has 2 aromatic carbocycles. The molecular formula is C33H40N4O4S. The van der Waals surface area contributed by atoms with Gasteiger partial charge in [0.15, 0.2) is 11.4 Å². The molecule has 0 spiro atoms. The Balaban J connectivity index is 1.02. The number of aliphatic hydroxyl groups excluding tert-OH is 1. The summed E-state index contributed by atoms with van der Waals surface area (Å²) in [5.41, 5.74) is 3.58. The molecule has 3 N–H and O–H groups in total. The van der Waals surface area contributed by atoms with Crippen molar-refractivity contribution < 1.29 is 19.4 Å². The van der Waals surface area contributed by atoms with Crippen LogP contribution in [0.4, 0.5) is 10.5 Å². The molecule has 1 saturated heterocycles. The first-order chi connectivity index (χ1) is 20.4. The van der Waals surface area contributed by atoms with Crippen molar-refractivity contribution in [2.75, 3.05) is 11.1 Å². The summed E-state index contributed by atoms with van der Waals surface area (Å²) in [6.07, 6.45) is 11.2. The maximum atomic E-state index is 13.1. The first kappa shape index (κ1) is 28.0. The van der Waals surface area contributed by atoms with E-state index >= 15 is 0 Å². The molecule has 2 amide bonds. The molecule has 5 fully saturated rings. The van der Waals surface area contributed by atoms with Crippen molar-refractivity contribution in [1.82, 2.24) is 14.9 Å². The van der Waals surface area contributed by atoms with Gasteiger partial charge >= 0.3 is 6.03 Å². The predicted octanol–water partition coefficient (Wildman–Crippen LogP) is 6.34. The number of aromatic nitrogens is 2. The summed E-state index contributed by atoms with van der Waals surface area (Å²) in [4.78, 5) is 17.5. The Bertz CT molecular complexity index is 1360. The van der Waals surface area contributed by atoms with Crippen LogP contribution >= 0.6 is 11.8 Å². The van der Waals surface area contributed by atoms with E-state index in [1.807, 2.05) is 66.3 Å². The number of rotatable bonds is 8. The monoisotopic (exact) mass is 588 g/mol. The number of carbonyl (C=O) groups excluding carboxylic acids is 1. The van der Waals surface area contributed by atoms with Gasteiger partial charge in [0.2, 0.25) is 0 Å². The van der Waals surface area contributed by atoms with Gasteiger partial charge < -0.3 is 29.8 Å². The van der Waals surface area contributed by atoms with Gasteiger partial charge in [-0.3, -0.25) is 0 Å². The Morgan fingerprint density at radius 2 is 1.64 bits per heavy atom. The Morgan fingerprint density at radius 3 is 2.26 bits per heavy atom. The van der Waals surface area contributed by atoms with Crippen LogP contribution in [-0.2, 0) is 23.1 Å². The molecule has 2 heterocycles. The van der Waals surface area contributed by atoms with Crippen molar-refractivity contribution in [1.29, 1.82) is 0 Å². The van der Waals surface area contributed by atoms with Crippen LogP contribution in [0.2, 0.25) is 0 Å². The third-order valence-corrected chi connectivity index (χ3v) is 10.8. The summed E-state index contributed by atoms with van der Waals surface area (Å²) < 4.78 is 15.0. The highest BCUT2D eigenvalue weighted by molar-refractivity contribution is 7.99. The average Bonchev–Trinajstić information content (AvgIpc) is 3.39. The summed E-state index contributed by atoms with van der Waals surface area (Å²) in [6.45, 7) is 0.0153. The highest BCUT2D eigenvalue weighted by atomic mass is 32.2. The lowest BCUT2D eigenvalue weighted by Crippen LogP contribution is -2.60. The number of ether oxygens (including phenoxy) is 2. The number of thioether (sulfide) groups is 1. The molecule has 3 atom stereocenters. The fourth-order valence-corrected chi connectivity index (χ4v) is 9.02. The van der Waals surface area contributed by atoms with Crippen molar-refractivity contribution in [3.8, 4) is 0 Å². The summed E-state index contributed by atoms with van der Waals surface area (Å²) in [5.74, 6) is 3.11. The van der Waals surface area contributed by atoms with Crippen LogP contribution in [0.1, 0.15) is 74.0 Å². The lowest BCUT2D eigenvalue weighted by atomic mass is 9.53. The van der Waals surface area contributed by atoms with E-state index in [1.165, 1.54) is 19.3 Å². The number of nitrogens with zero attached hydrogens (tertiary/aromatic N) is 2. The number of imidazole rings is 1. The van der Waals surface area contributed by atoms with Crippen LogP contribution in [0.5, 0.6) is 0 Å². The Hall–Kier alpha value is -2.85. The van der Waals surface area contributed by atoms with Crippen LogP contribution in [0, 0.1) is 17.8 Å². The standard InChI is InChI=1S/C33H40N4O4S/c1-37-11-10-34-32(37)42-20-28-15-29(25-4-2-21(19-38)3-5-25)41-30(40-28)26-6-8-27(9-7-26)35-31(39)36-33-16-22-12-23(17-33)14-24(13-22)18-33/h2-11,22-24,28-30,38H,12-20H2,1H3,(H2,35,36,39)/t22?,23?,24?,28-,29+,30+,33?/m0/s1. The van der Waals surface area contributed by atoms with E-state index in [0.29, 0.717) is 0 Å². The Morgan fingerprint density at radius 1 is 0.976 bits per heavy atom. The summed E-state index contributed by atoms with van der Waals surface area (Å²) in [6, 6.07) is 15.6. The number of aliphatic hydroxyl groups is 1. The third-order valence-electron chi connectivity index (χ3n) is 9.65. The Labute approximate surface area is 251 Å². The molecule has 8 nitrogen and oxygen atoms in total. The second-order valence-corrected chi connectivity index (χ2v) is 13.9. The molecule has 3 aromatic rings. The highest BCUT2D eigenvalue weighted by Gasteiger charge is 2.51. The minimum Gasteiger partial charge on any atom is -0.392 e. The summed E-state index contributed by atoms with van der Waals surface area (Å²) in [5, 5.41) is 16.9. The third kappa shape index (κ3) is 5.97. The second-order valence-electron chi connectivity index (χ2n) is 12.9. The molecule has 222 valence electrons. The zero-order valence-corrected chi connectivity index (χ0v) is 24.9. The van der Waals surface area contributed by atoms with Gasteiger partial charge in [0.25, 0.3) is 0 Å². The molecular weight excluding hydrogens is 548 g/mol. The van der Waals surface area contributed by atoms with Crippen LogP contribution in [-0.4, -0.2) is 38.1 Å². The quantitative estimate of drug-likeness (QED) is 0.266. The zero-order valence-electron chi connectivity index (χ0n) is 24.1. The van der Waals surface area contributed by atoms with E-state index in [9.17, 15) is 9.90 Å². The minimum atomic E-state index is -0.539. The van der Waals surface area contributed by atoms with Crippen LogP contribution in [0.3, 0.4) is 0 Å². The van der Waals surface area contributed by atoms with Gasteiger partial charge in [-0.15, -0.1) is 0 Å². The number of urea groups is 1. The van der Waals surface area contributed by atoms with Crippen molar-refractivity contribution in [2.45, 2.75) is 80.7 Å². The lowest BCUT2D eigenvalue weighted by molar-refractivity contribution is -0.245. The van der Waals surface area contributed by atoms with E-state index in [-0.39, 0.29) is 30.4 Å². The van der Waals surface area contributed by atoms with Crippen molar-refractivity contribution in [3.63, 3.8) is 0 Å². The molecule has 4 aliphatic carbocycles. The van der Waals surface area contributed by atoms with Crippen molar-refractivity contribution >= 4 is 23.5 Å². The average molecular weight is 589 g/mol. The SMILES string of the molecule is Cn1ccnc1SC[C@@H]1C[C@H](c2ccc(CO)cc2)O[C@H](c2ccc(NC(=O)NC34CC5CC(CC(C5)C3)C4)cc2)O1. The van der Waals surface area contributed by atoms with Gasteiger partial charge in [-0.1, -0.05) is 48.2 Å². The van der Waals surface area contributed by atoms with Crippen molar-refractivity contribution in [2.24, 2.45) is 24.8 Å². The normalized spacial score (nSPS) is 31.7. The maximum Gasteiger partial charge on any atom is 0.319 e. The largest absolute Gasteiger partial charge is 0.392 e. The smallest absolute Gasteiger partial charge is 0.319 e. The second kappa shape index (κ2) is 11.7. The molecule has 42 heavy (non-hydrogen) atoms. The van der Waals surface area contributed by atoms with E-state index < -0.39 is 6.29 Å². The van der Waals surface area contributed by atoms with Crippen LogP contribution in [0.15, 0.2) is 66.1 Å². The van der Waals surface area contributed by atoms with E-state index in [4.69, 9.17) is 9.47 Å². The number of hydrogen-bond acceptors (Lipinski definition) is 6. The molecule has 4 saturated carbocycles. The van der Waals surface area contributed by atoms with Gasteiger partial charge in [0.1, 0.15) is 0 Å². The van der Waals surface area contributed by atoms with E-state index in [1.54, 1.807) is 18.0 Å². The number of benzene rings is 2. The topological polar surface area (TPSA) is 97.6 Å². The molecule has 4 bridgehead atoms. The van der Waals surface area contributed by atoms with E-state index in [0.717, 1.165) is 76.7 Å². The van der Waals surface area contributed by atoms with Gasteiger partial charge in [-0.05, 0) is 79.5 Å². The predicted molar refractivity (Wildman–Crippen MR) is 162 cm³/mol. The van der Waals surface area contributed by atoms with E-state index in [2.05, 4.69) is 15.6 Å². The maximum absolute atomic E-state index is 13.1. The summed E-state index contributed by atoms with van der Waals surface area (Å²) >= 11 is 1.68. The number of anilines is 1. The van der Waals surface area contributed by atoms with Crippen LogP contribution in [0.25, 0.3) is 0 Å². The molecule has 8 rings (SSSR count). The first-order valence-electron chi connectivity index (χ1n) is 15.2. The molecule has 0 unspecified atom stereocenters. The van der Waals surface area contributed by atoms with Gasteiger partial charge in [0.05, 0.1) is 18.8 Å². The van der Waals surface area contributed by atoms with Gasteiger partial charge in [-0.2, -0.15) is 0 Å². The zero-order chi connectivity index (χ0) is 28.7. The van der Waals surface area contributed by atoms with Gasteiger partial charge in [0, 0.05) is 48.4 Å². The van der Waals surface area contributed by atoms with Crippen LogP contribution < -0.4 is 10.6 Å². The summed E-state index contributed by atoms with van der Waals surface area (Å²) in [7, 11) is 1.99. The number of aryl methyl sites for hydroxylation is 1. The van der Waals surface area contributed by atoms with Gasteiger partial charge in [-0.25, -0.2) is 9.78 Å². The lowest BCUT2D eigenvalue weighted by Gasteiger charge is -2.56. The number of nitrogens with one attached hydrogen (secondary N) is 2. The number of amides is 2. The highest BCUT2D eigenvalue weighted by Crippen LogP contribution is 2.55. The number of carbonyl (C=O) groups is 1. The molecule has 5 aliphatic rings. The van der Waals surface area contributed by atoms with Crippen molar-refractivity contribution in [3.05, 3.63) is 77.6 Å². The molecule has 9 heteroatoms. The minimum absolute atomic E-state index is 0.0153. The Kier molecular flexibility index (Phi) is 7.77. The fourth-order valence-electron chi connectivity index (χ4n) is 8.07. The molecule has 0 radical (unpaired) electrons. The first-order valence-corrected chi connectivity index (χ1v) is 16.2. The molecule has 1 aromatic heterocycles. The fraction of sp³-hybridized carbons (Fsp3) is 0.515. The number of hydrogen-bond donors (Lipinski definition) is 3. The molecule has 1 aliphatic heterocycles.